The smallest absolute Gasteiger partial charge is 0.00664 e. The molecule has 2 aromatic rings. The molecule has 19 heavy (non-hydrogen) atoms. The molecule has 4 rings (SSSR count). The van der Waals surface area contributed by atoms with Gasteiger partial charge in [0.05, 0.1) is 0 Å². The molecule has 0 nitrogen and oxygen atoms in total. The molecule has 0 heterocycles. The SMILES string of the molecule is CC1(C)c2cc3ccccc3cc2C2CCCCC21. The quantitative estimate of drug-likeness (QED) is 0.587. The van der Waals surface area contributed by atoms with Gasteiger partial charge in [-0.1, -0.05) is 63.1 Å². The maximum Gasteiger partial charge on any atom is -0.00664 e. The Morgan fingerprint density at radius 1 is 0.947 bits per heavy atom. The minimum Gasteiger partial charge on any atom is -0.0616 e. The average Bonchev–Trinajstić information content (AvgIpc) is 2.66. The van der Waals surface area contributed by atoms with Gasteiger partial charge in [-0.2, -0.15) is 0 Å². The predicted molar refractivity (Wildman–Crippen MR) is 81.7 cm³/mol. The zero-order valence-electron chi connectivity index (χ0n) is 11.9. The van der Waals surface area contributed by atoms with Crippen LogP contribution in [0.5, 0.6) is 0 Å². The third-order valence-electron chi connectivity index (χ3n) is 5.70. The normalized spacial score (nSPS) is 28.1. The van der Waals surface area contributed by atoms with E-state index in [0.717, 1.165) is 11.8 Å². The van der Waals surface area contributed by atoms with E-state index in [0.29, 0.717) is 5.41 Å². The minimum atomic E-state index is 0.366. The number of benzene rings is 2. The lowest BCUT2D eigenvalue weighted by Crippen LogP contribution is -2.28. The van der Waals surface area contributed by atoms with Crippen molar-refractivity contribution in [3.8, 4) is 0 Å². The van der Waals surface area contributed by atoms with Crippen LogP contribution in [0.3, 0.4) is 0 Å². The summed E-state index contributed by atoms with van der Waals surface area (Å²) in [6.07, 6.45) is 5.67. The van der Waals surface area contributed by atoms with E-state index < -0.39 is 0 Å². The molecule has 2 unspecified atom stereocenters. The monoisotopic (exact) mass is 250 g/mol. The van der Waals surface area contributed by atoms with E-state index in [1.165, 1.54) is 36.5 Å². The number of hydrogen-bond acceptors (Lipinski definition) is 0. The van der Waals surface area contributed by atoms with Crippen molar-refractivity contribution < 1.29 is 0 Å². The Morgan fingerprint density at radius 2 is 1.63 bits per heavy atom. The van der Waals surface area contributed by atoms with Crippen LogP contribution in [0.2, 0.25) is 0 Å². The number of hydrogen-bond donors (Lipinski definition) is 0. The molecule has 0 bridgehead atoms. The second-order valence-corrected chi connectivity index (χ2v) is 7.01. The highest BCUT2D eigenvalue weighted by Crippen LogP contribution is 2.56. The maximum atomic E-state index is 2.49. The van der Waals surface area contributed by atoms with E-state index in [2.05, 4.69) is 50.2 Å². The van der Waals surface area contributed by atoms with Gasteiger partial charge in [-0.3, -0.25) is 0 Å². The Morgan fingerprint density at radius 3 is 2.42 bits per heavy atom. The summed E-state index contributed by atoms with van der Waals surface area (Å²) >= 11 is 0. The van der Waals surface area contributed by atoms with Gasteiger partial charge in [-0.25, -0.2) is 0 Å². The lowest BCUT2D eigenvalue weighted by molar-refractivity contribution is 0.233. The van der Waals surface area contributed by atoms with E-state index in [-0.39, 0.29) is 0 Å². The van der Waals surface area contributed by atoms with Crippen LogP contribution in [0, 0.1) is 5.92 Å². The molecule has 0 aliphatic heterocycles. The minimum absolute atomic E-state index is 0.366. The fourth-order valence-corrected chi connectivity index (χ4v) is 4.69. The third kappa shape index (κ3) is 1.52. The summed E-state index contributed by atoms with van der Waals surface area (Å²) in [5.74, 6) is 1.69. The van der Waals surface area contributed by atoms with Crippen molar-refractivity contribution in [2.45, 2.75) is 50.9 Å². The highest BCUT2D eigenvalue weighted by atomic mass is 14.5. The largest absolute Gasteiger partial charge is 0.0616 e. The van der Waals surface area contributed by atoms with Crippen molar-refractivity contribution in [1.29, 1.82) is 0 Å². The van der Waals surface area contributed by atoms with Crippen molar-refractivity contribution in [2.24, 2.45) is 5.92 Å². The van der Waals surface area contributed by atoms with Gasteiger partial charge in [0.2, 0.25) is 0 Å². The molecule has 2 aliphatic rings. The van der Waals surface area contributed by atoms with Crippen LogP contribution in [-0.2, 0) is 5.41 Å². The molecule has 1 fully saturated rings. The van der Waals surface area contributed by atoms with Gasteiger partial charge in [0.1, 0.15) is 0 Å². The van der Waals surface area contributed by atoms with Gasteiger partial charge in [0.25, 0.3) is 0 Å². The summed E-state index contributed by atoms with van der Waals surface area (Å²) < 4.78 is 0. The van der Waals surface area contributed by atoms with Crippen LogP contribution < -0.4 is 0 Å². The maximum absolute atomic E-state index is 2.49. The molecule has 1 saturated carbocycles. The van der Waals surface area contributed by atoms with Gasteiger partial charge in [0, 0.05) is 0 Å². The van der Waals surface area contributed by atoms with E-state index in [1.807, 2.05) is 0 Å². The summed E-state index contributed by atoms with van der Waals surface area (Å²) in [7, 11) is 0. The highest BCUT2D eigenvalue weighted by molar-refractivity contribution is 5.85. The molecular weight excluding hydrogens is 228 g/mol. The third-order valence-corrected chi connectivity index (χ3v) is 5.70. The Balaban J connectivity index is 1.98. The molecule has 2 atom stereocenters. The van der Waals surface area contributed by atoms with Crippen LogP contribution in [0.4, 0.5) is 0 Å². The van der Waals surface area contributed by atoms with Crippen LogP contribution in [0.1, 0.15) is 56.6 Å². The van der Waals surface area contributed by atoms with Crippen molar-refractivity contribution in [3.05, 3.63) is 47.5 Å². The van der Waals surface area contributed by atoms with E-state index in [9.17, 15) is 0 Å². The predicted octanol–water partition coefficient (Wildman–Crippen LogP) is 5.40. The Kier molecular flexibility index (Phi) is 2.33. The van der Waals surface area contributed by atoms with Gasteiger partial charge < -0.3 is 0 Å². The van der Waals surface area contributed by atoms with Gasteiger partial charge >= 0.3 is 0 Å². The highest BCUT2D eigenvalue weighted by Gasteiger charge is 2.46. The molecule has 0 aromatic heterocycles. The summed E-state index contributed by atoms with van der Waals surface area (Å²) in [6.45, 7) is 4.94. The van der Waals surface area contributed by atoms with Crippen LogP contribution in [-0.4, -0.2) is 0 Å². The average molecular weight is 250 g/mol. The van der Waals surface area contributed by atoms with E-state index >= 15 is 0 Å². The van der Waals surface area contributed by atoms with Gasteiger partial charge in [0.15, 0.2) is 0 Å². The second kappa shape index (κ2) is 3.85. The first-order chi connectivity index (χ1) is 9.18. The number of fused-ring (bicyclic) bond motifs is 4. The van der Waals surface area contributed by atoms with Crippen LogP contribution in [0.15, 0.2) is 36.4 Å². The molecule has 0 spiro atoms. The van der Waals surface area contributed by atoms with E-state index in [1.54, 1.807) is 11.1 Å². The molecule has 0 radical (unpaired) electrons. The first kappa shape index (κ1) is 11.5. The van der Waals surface area contributed by atoms with Crippen LogP contribution >= 0.6 is 0 Å². The van der Waals surface area contributed by atoms with Gasteiger partial charge in [-0.05, 0) is 52.0 Å². The fraction of sp³-hybridized carbons (Fsp3) is 0.474. The molecule has 2 aromatic carbocycles. The van der Waals surface area contributed by atoms with Crippen LogP contribution in [0.25, 0.3) is 10.8 Å². The zero-order chi connectivity index (χ0) is 13.0. The molecule has 0 N–H and O–H groups in total. The summed E-state index contributed by atoms with van der Waals surface area (Å²) in [4.78, 5) is 0. The molecule has 0 heteroatoms. The summed E-state index contributed by atoms with van der Waals surface area (Å²) in [5.41, 5.74) is 3.65. The van der Waals surface area contributed by atoms with E-state index in [4.69, 9.17) is 0 Å². The molecule has 0 amide bonds. The van der Waals surface area contributed by atoms with Crippen molar-refractivity contribution in [3.63, 3.8) is 0 Å². The molecular formula is C19H22. The van der Waals surface area contributed by atoms with Crippen molar-refractivity contribution in [1.82, 2.24) is 0 Å². The molecule has 2 aliphatic carbocycles. The Labute approximate surface area is 115 Å². The lowest BCUT2D eigenvalue weighted by Gasteiger charge is -2.34. The van der Waals surface area contributed by atoms with Crippen molar-refractivity contribution in [2.75, 3.05) is 0 Å². The first-order valence-corrected chi connectivity index (χ1v) is 7.71. The summed E-state index contributed by atoms with van der Waals surface area (Å²) in [5, 5.41) is 2.83. The fourth-order valence-electron chi connectivity index (χ4n) is 4.69. The zero-order valence-corrected chi connectivity index (χ0v) is 11.9. The first-order valence-electron chi connectivity index (χ1n) is 7.71. The Bertz CT molecular complexity index is 636. The van der Waals surface area contributed by atoms with Gasteiger partial charge in [-0.15, -0.1) is 0 Å². The number of rotatable bonds is 0. The summed E-state index contributed by atoms with van der Waals surface area (Å²) in [6, 6.07) is 13.8. The van der Waals surface area contributed by atoms with Crippen molar-refractivity contribution >= 4 is 10.8 Å². The topological polar surface area (TPSA) is 0 Å². The molecule has 0 saturated heterocycles. The lowest BCUT2D eigenvalue weighted by atomic mass is 9.70. The standard InChI is InChI=1S/C19H22/c1-19(2)17-10-6-5-9-15(17)16-11-13-7-3-4-8-14(13)12-18(16)19/h3-4,7-8,11-12,15,17H,5-6,9-10H2,1-2H3. The Hall–Kier alpha value is -1.30. The molecule has 98 valence electrons. The second-order valence-electron chi connectivity index (χ2n) is 7.01.